The molecule has 3 nitrogen and oxygen atoms in total. The maximum atomic E-state index is 11.1. The van der Waals surface area contributed by atoms with E-state index >= 15 is 0 Å². The van der Waals surface area contributed by atoms with Gasteiger partial charge < -0.3 is 0 Å². The van der Waals surface area contributed by atoms with Crippen molar-refractivity contribution in [2.24, 2.45) is 0 Å². The Balaban J connectivity index is 2.77. The molecule has 0 bridgehead atoms. The summed E-state index contributed by atoms with van der Waals surface area (Å²) >= 11 is 1.03. The zero-order valence-electron chi connectivity index (χ0n) is 4.20. The number of hydrogen-bond acceptors (Lipinski definition) is 4. The van der Waals surface area contributed by atoms with E-state index < -0.39 is 5.97 Å². The van der Waals surface area contributed by atoms with Crippen LogP contribution in [0.1, 0.15) is 9.80 Å². The van der Waals surface area contributed by atoms with Crippen molar-refractivity contribution in [2.45, 2.75) is 0 Å². The summed E-state index contributed by atoms with van der Waals surface area (Å²) in [5, 5.41) is 1.59. The standard InChI is InChI=1S/C4H2FNO2S/c5-8-4(7)3-6-1-2-9-3/h1-2H. The summed E-state index contributed by atoms with van der Waals surface area (Å²) in [5.41, 5.74) is 0. The van der Waals surface area contributed by atoms with E-state index in [1.54, 1.807) is 5.38 Å². The summed E-state index contributed by atoms with van der Waals surface area (Å²) in [6.07, 6.45) is 1.40. The quantitative estimate of drug-likeness (QED) is 0.598. The van der Waals surface area contributed by atoms with Crippen LogP contribution in [0.25, 0.3) is 0 Å². The van der Waals surface area contributed by atoms with Gasteiger partial charge in [0.05, 0.1) is 0 Å². The predicted octanol–water partition coefficient (Wildman–Crippen LogP) is 1.18. The smallest absolute Gasteiger partial charge is 0.247 e. The first-order chi connectivity index (χ1) is 4.34. The second-order valence-corrected chi connectivity index (χ2v) is 2.10. The lowest BCUT2D eigenvalue weighted by Crippen LogP contribution is -1.96. The van der Waals surface area contributed by atoms with Gasteiger partial charge in [0.2, 0.25) is 5.01 Å². The topological polar surface area (TPSA) is 39.2 Å². The van der Waals surface area contributed by atoms with E-state index in [0.29, 0.717) is 0 Å². The lowest BCUT2D eigenvalue weighted by molar-refractivity contribution is -0.0788. The van der Waals surface area contributed by atoms with E-state index in [1.165, 1.54) is 6.20 Å². The molecule has 48 valence electrons. The predicted molar refractivity (Wildman–Crippen MR) is 28.6 cm³/mol. The summed E-state index contributed by atoms with van der Waals surface area (Å²) in [7, 11) is 0. The van der Waals surface area contributed by atoms with Crippen molar-refractivity contribution < 1.29 is 14.3 Å². The van der Waals surface area contributed by atoms with Gasteiger partial charge in [0.1, 0.15) is 0 Å². The van der Waals surface area contributed by atoms with Crippen LogP contribution in [-0.2, 0) is 4.94 Å². The molecule has 0 fully saturated rings. The molecule has 0 aliphatic heterocycles. The Bertz CT molecular complexity index is 198. The minimum atomic E-state index is -1.04. The Kier molecular flexibility index (Phi) is 1.74. The average Bonchev–Trinajstić information content (AvgIpc) is 2.37. The van der Waals surface area contributed by atoms with E-state index in [1.807, 2.05) is 0 Å². The normalized spacial score (nSPS) is 9.00. The van der Waals surface area contributed by atoms with Crippen LogP contribution in [0.3, 0.4) is 0 Å². The molecule has 0 aliphatic carbocycles. The van der Waals surface area contributed by atoms with Gasteiger partial charge in [-0.15, -0.1) is 11.3 Å². The number of rotatable bonds is 1. The van der Waals surface area contributed by atoms with Gasteiger partial charge in [-0.05, 0) is 0 Å². The van der Waals surface area contributed by atoms with Gasteiger partial charge in [0, 0.05) is 16.1 Å². The second kappa shape index (κ2) is 2.54. The fourth-order valence-electron chi connectivity index (χ4n) is 0.357. The lowest BCUT2D eigenvalue weighted by atomic mass is 10.7. The molecular formula is C4H2FNO2S. The first kappa shape index (κ1) is 6.15. The molecule has 1 heterocycles. The van der Waals surface area contributed by atoms with Gasteiger partial charge in [-0.2, -0.15) is 0 Å². The number of carbonyl (C=O) groups is 1. The Labute approximate surface area is 54.0 Å². The van der Waals surface area contributed by atoms with Crippen LogP contribution in [0.5, 0.6) is 0 Å². The maximum Gasteiger partial charge on any atom is 0.407 e. The molecule has 0 aromatic carbocycles. The second-order valence-electron chi connectivity index (χ2n) is 1.20. The monoisotopic (exact) mass is 147 g/mol. The van der Waals surface area contributed by atoms with Crippen LogP contribution in [0, 0.1) is 0 Å². The van der Waals surface area contributed by atoms with Crippen molar-refractivity contribution >= 4 is 17.3 Å². The van der Waals surface area contributed by atoms with Crippen molar-refractivity contribution in [3.63, 3.8) is 0 Å². The third kappa shape index (κ3) is 1.23. The van der Waals surface area contributed by atoms with Crippen LogP contribution in [0.2, 0.25) is 0 Å². The van der Waals surface area contributed by atoms with E-state index in [4.69, 9.17) is 0 Å². The molecule has 0 amide bonds. The van der Waals surface area contributed by atoms with Crippen molar-refractivity contribution in [3.8, 4) is 0 Å². The summed E-state index contributed by atoms with van der Waals surface area (Å²) in [6.45, 7) is 0. The summed E-state index contributed by atoms with van der Waals surface area (Å²) < 4.78 is 11.1. The largest absolute Gasteiger partial charge is 0.407 e. The summed E-state index contributed by atoms with van der Waals surface area (Å²) in [5.74, 6) is -1.04. The average molecular weight is 147 g/mol. The molecule has 0 saturated heterocycles. The zero-order chi connectivity index (χ0) is 6.69. The number of halogens is 1. The van der Waals surface area contributed by atoms with Crippen molar-refractivity contribution in [1.29, 1.82) is 0 Å². The van der Waals surface area contributed by atoms with Crippen molar-refractivity contribution in [3.05, 3.63) is 16.6 Å². The Hall–Kier alpha value is -0.970. The molecule has 0 atom stereocenters. The first-order valence-electron chi connectivity index (χ1n) is 2.07. The highest BCUT2D eigenvalue weighted by molar-refractivity contribution is 7.11. The Morgan fingerprint density at radius 3 is 3.11 bits per heavy atom. The molecule has 5 heteroatoms. The molecular weight excluding hydrogens is 145 g/mol. The molecule has 0 N–H and O–H groups in total. The maximum absolute atomic E-state index is 11.1. The molecule has 0 aliphatic rings. The third-order valence-electron chi connectivity index (χ3n) is 0.677. The SMILES string of the molecule is O=C(OF)c1nccs1. The minimum absolute atomic E-state index is 0.0255. The van der Waals surface area contributed by atoms with Gasteiger partial charge >= 0.3 is 5.97 Å². The van der Waals surface area contributed by atoms with E-state index in [-0.39, 0.29) is 5.01 Å². The van der Waals surface area contributed by atoms with E-state index in [2.05, 4.69) is 9.93 Å². The number of thiazole rings is 1. The highest BCUT2D eigenvalue weighted by Crippen LogP contribution is 2.04. The molecule has 9 heavy (non-hydrogen) atoms. The molecule has 1 aromatic heterocycles. The Morgan fingerprint density at radius 2 is 2.67 bits per heavy atom. The van der Waals surface area contributed by atoms with Crippen molar-refractivity contribution in [1.82, 2.24) is 4.98 Å². The molecule has 1 rings (SSSR count). The molecule has 0 radical (unpaired) electrons. The first-order valence-corrected chi connectivity index (χ1v) is 2.95. The van der Waals surface area contributed by atoms with Crippen LogP contribution in [0.4, 0.5) is 4.53 Å². The highest BCUT2D eigenvalue weighted by atomic mass is 32.1. The summed E-state index contributed by atoms with van der Waals surface area (Å²) in [4.78, 5) is 16.6. The van der Waals surface area contributed by atoms with Crippen LogP contribution >= 0.6 is 11.3 Å². The van der Waals surface area contributed by atoms with Crippen LogP contribution in [0.15, 0.2) is 11.6 Å². The highest BCUT2D eigenvalue weighted by Gasteiger charge is 2.08. The number of aromatic nitrogens is 1. The van der Waals surface area contributed by atoms with Crippen LogP contribution < -0.4 is 0 Å². The molecule has 1 aromatic rings. The molecule has 0 spiro atoms. The van der Waals surface area contributed by atoms with Gasteiger partial charge in [-0.25, -0.2) is 14.7 Å². The number of nitrogens with zero attached hydrogens (tertiary/aromatic N) is 1. The van der Waals surface area contributed by atoms with E-state index in [9.17, 15) is 9.32 Å². The van der Waals surface area contributed by atoms with Crippen LogP contribution in [-0.4, -0.2) is 11.0 Å². The molecule has 0 saturated carbocycles. The minimum Gasteiger partial charge on any atom is -0.247 e. The third-order valence-corrected chi connectivity index (χ3v) is 1.43. The lowest BCUT2D eigenvalue weighted by Gasteiger charge is -1.82. The van der Waals surface area contributed by atoms with E-state index in [0.717, 1.165) is 11.3 Å². The summed E-state index contributed by atoms with van der Waals surface area (Å²) in [6, 6.07) is 0. The van der Waals surface area contributed by atoms with Crippen molar-refractivity contribution in [2.75, 3.05) is 0 Å². The van der Waals surface area contributed by atoms with Gasteiger partial charge in [0.15, 0.2) is 0 Å². The Morgan fingerprint density at radius 1 is 1.89 bits per heavy atom. The van der Waals surface area contributed by atoms with Gasteiger partial charge in [0.25, 0.3) is 0 Å². The fourth-order valence-corrected chi connectivity index (χ4v) is 0.857. The zero-order valence-corrected chi connectivity index (χ0v) is 5.02. The molecule has 0 unspecified atom stereocenters. The fraction of sp³-hybridized carbons (Fsp3) is 0. The number of hydrogen-bond donors (Lipinski definition) is 0. The van der Waals surface area contributed by atoms with Gasteiger partial charge in [-0.1, -0.05) is 0 Å². The number of carbonyl (C=O) groups excluding carboxylic acids is 1. The van der Waals surface area contributed by atoms with Gasteiger partial charge in [-0.3, -0.25) is 0 Å².